The lowest BCUT2D eigenvalue weighted by atomic mass is 10.1. The van der Waals surface area contributed by atoms with Crippen molar-refractivity contribution in [3.05, 3.63) is 52.2 Å². The molecule has 1 aromatic carbocycles. The van der Waals surface area contributed by atoms with Crippen LogP contribution in [0.3, 0.4) is 0 Å². The molecule has 0 unspecified atom stereocenters. The molecule has 2 aromatic heterocycles. The number of fused-ring (bicyclic) bond motifs is 1. The SMILES string of the molecule is C#Cc1cc([N+](=O)[O-])cc2c1c(-c1ccccn1)nn2COCC[Si](C)(C)C. The first-order valence-corrected chi connectivity index (χ1v) is 12.7. The molecule has 0 radical (unpaired) electrons. The molecule has 0 saturated carbocycles. The van der Waals surface area contributed by atoms with Gasteiger partial charge in [-0.15, -0.1) is 6.42 Å². The van der Waals surface area contributed by atoms with Crippen molar-refractivity contribution in [2.24, 2.45) is 0 Å². The molecule has 0 N–H and O–H groups in total. The van der Waals surface area contributed by atoms with Gasteiger partial charge in [-0.3, -0.25) is 15.1 Å². The number of aromatic nitrogens is 3. The third-order valence-electron chi connectivity index (χ3n) is 4.32. The summed E-state index contributed by atoms with van der Waals surface area (Å²) < 4.78 is 7.44. The Kier molecular flexibility index (Phi) is 5.58. The number of pyridine rings is 1. The summed E-state index contributed by atoms with van der Waals surface area (Å²) >= 11 is 0. The average molecular weight is 395 g/mol. The van der Waals surface area contributed by atoms with Gasteiger partial charge < -0.3 is 4.74 Å². The quantitative estimate of drug-likeness (QED) is 0.196. The van der Waals surface area contributed by atoms with Gasteiger partial charge in [-0.05, 0) is 18.2 Å². The van der Waals surface area contributed by atoms with Crippen molar-refractivity contribution in [2.45, 2.75) is 32.4 Å². The summed E-state index contributed by atoms with van der Waals surface area (Å²) in [7, 11) is -1.22. The molecule has 0 bridgehead atoms. The molecular weight excluding hydrogens is 372 g/mol. The van der Waals surface area contributed by atoms with E-state index in [-0.39, 0.29) is 12.4 Å². The number of benzene rings is 1. The summed E-state index contributed by atoms with van der Waals surface area (Å²) in [5.74, 6) is 2.56. The lowest BCUT2D eigenvalue weighted by Crippen LogP contribution is -2.22. The summed E-state index contributed by atoms with van der Waals surface area (Å²) in [4.78, 5) is 15.2. The number of nitrogens with zero attached hydrogens (tertiary/aromatic N) is 4. The smallest absolute Gasteiger partial charge is 0.272 e. The van der Waals surface area contributed by atoms with Crippen LogP contribution < -0.4 is 0 Å². The number of nitro benzene ring substituents is 1. The molecule has 3 aromatic rings. The molecule has 0 atom stereocenters. The van der Waals surface area contributed by atoms with Gasteiger partial charge in [0.1, 0.15) is 12.4 Å². The van der Waals surface area contributed by atoms with Crippen molar-refractivity contribution in [1.29, 1.82) is 0 Å². The minimum absolute atomic E-state index is 0.0729. The van der Waals surface area contributed by atoms with Gasteiger partial charge in [0, 0.05) is 44.0 Å². The second kappa shape index (κ2) is 7.92. The molecule has 144 valence electrons. The van der Waals surface area contributed by atoms with E-state index in [1.165, 1.54) is 12.1 Å². The predicted octanol–water partition coefficient (Wildman–Crippen LogP) is 4.30. The molecule has 0 spiro atoms. The van der Waals surface area contributed by atoms with E-state index in [2.05, 4.69) is 35.6 Å². The summed E-state index contributed by atoms with van der Waals surface area (Å²) in [6.07, 6.45) is 7.33. The van der Waals surface area contributed by atoms with Gasteiger partial charge >= 0.3 is 0 Å². The van der Waals surface area contributed by atoms with Gasteiger partial charge in [0.05, 0.1) is 16.1 Å². The fourth-order valence-corrected chi connectivity index (χ4v) is 3.57. The third-order valence-corrected chi connectivity index (χ3v) is 6.03. The minimum atomic E-state index is -1.22. The van der Waals surface area contributed by atoms with Crippen molar-refractivity contribution >= 4 is 24.7 Å². The van der Waals surface area contributed by atoms with E-state index < -0.39 is 13.0 Å². The Bertz CT molecular complexity index is 1050. The molecular formula is C20H22N4O3Si. The predicted molar refractivity (Wildman–Crippen MR) is 112 cm³/mol. The van der Waals surface area contributed by atoms with Crippen molar-refractivity contribution in [3.63, 3.8) is 0 Å². The van der Waals surface area contributed by atoms with E-state index in [1.807, 2.05) is 18.2 Å². The Morgan fingerprint density at radius 1 is 1.32 bits per heavy atom. The zero-order valence-electron chi connectivity index (χ0n) is 16.2. The van der Waals surface area contributed by atoms with E-state index in [0.29, 0.717) is 34.5 Å². The van der Waals surface area contributed by atoms with Crippen LogP contribution in [0.4, 0.5) is 5.69 Å². The van der Waals surface area contributed by atoms with Gasteiger partial charge in [0.15, 0.2) is 0 Å². The largest absolute Gasteiger partial charge is 0.360 e. The van der Waals surface area contributed by atoms with E-state index in [1.54, 1.807) is 10.9 Å². The second-order valence-corrected chi connectivity index (χ2v) is 13.3. The fraction of sp³-hybridized carbons (Fsp3) is 0.300. The first kappa shape index (κ1) is 19.7. The van der Waals surface area contributed by atoms with Gasteiger partial charge in [-0.25, -0.2) is 4.68 Å². The van der Waals surface area contributed by atoms with Crippen LogP contribution in [0.15, 0.2) is 36.5 Å². The minimum Gasteiger partial charge on any atom is -0.360 e. The lowest BCUT2D eigenvalue weighted by Gasteiger charge is -2.15. The van der Waals surface area contributed by atoms with Crippen LogP contribution in [0, 0.1) is 22.5 Å². The topological polar surface area (TPSA) is 83.1 Å². The monoisotopic (exact) mass is 394 g/mol. The fourth-order valence-electron chi connectivity index (χ4n) is 2.82. The molecule has 0 aliphatic rings. The second-order valence-electron chi connectivity index (χ2n) is 7.70. The van der Waals surface area contributed by atoms with Crippen molar-refractivity contribution in [1.82, 2.24) is 14.8 Å². The number of rotatable bonds is 7. The molecule has 28 heavy (non-hydrogen) atoms. The van der Waals surface area contributed by atoms with Gasteiger partial charge in [0.2, 0.25) is 0 Å². The molecule has 0 fully saturated rings. The van der Waals surface area contributed by atoms with Crippen LogP contribution in [-0.4, -0.2) is 34.4 Å². The van der Waals surface area contributed by atoms with Gasteiger partial charge in [-0.1, -0.05) is 31.6 Å². The maximum Gasteiger partial charge on any atom is 0.272 e. The zero-order chi connectivity index (χ0) is 20.3. The molecule has 0 amide bonds. The van der Waals surface area contributed by atoms with Gasteiger partial charge in [0.25, 0.3) is 5.69 Å². The lowest BCUT2D eigenvalue weighted by molar-refractivity contribution is -0.384. The molecule has 0 saturated heterocycles. The summed E-state index contributed by atoms with van der Waals surface area (Å²) in [6.45, 7) is 7.65. The third kappa shape index (κ3) is 4.27. The highest BCUT2D eigenvalue weighted by Crippen LogP contribution is 2.32. The highest BCUT2D eigenvalue weighted by molar-refractivity contribution is 6.76. The Hall–Kier alpha value is -3.02. The molecule has 8 heteroatoms. The van der Waals surface area contributed by atoms with Crippen molar-refractivity contribution in [2.75, 3.05) is 6.61 Å². The van der Waals surface area contributed by atoms with Crippen LogP contribution in [0.1, 0.15) is 5.56 Å². The first-order valence-electron chi connectivity index (χ1n) is 8.95. The number of non-ortho nitro benzene ring substituents is 1. The number of hydrogen-bond acceptors (Lipinski definition) is 5. The summed E-state index contributed by atoms with van der Waals surface area (Å²) in [5, 5.41) is 16.6. The maximum absolute atomic E-state index is 11.3. The summed E-state index contributed by atoms with van der Waals surface area (Å²) in [6, 6.07) is 9.41. The van der Waals surface area contributed by atoms with Crippen molar-refractivity contribution in [3.8, 4) is 23.7 Å². The maximum atomic E-state index is 11.3. The molecule has 7 nitrogen and oxygen atoms in total. The highest BCUT2D eigenvalue weighted by atomic mass is 28.3. The van der Waals surface area contributed by atoms with Crippen LogP contribution in [0.2, 0.25) is 25.7 Å². The first-order chi connectivity index (χ1) is 13.3. The average Bonchev–Trinajstić information content (AvgIpc) is 3.03. The van der Waals surface area contributed by atoms with Gasteiger partial charge in [-0.2, -0.15) is 5.10 Å². The Morgan fingerprint density at radius 2 is 2.11 bits per heavy atom. The number of nitro groups is 1. The van der Waals surface area contributed by atoms with Crippen LogP contribution in [0.5, 0.6) is 0 Å². The normalized spacial score (nSPS) is 11.5. The molecule has 0 aliphatic carbocycles. The Balaban J connectivity index is 2.08. The number of hydrogen-bond donors (Lipinski definition) is 0. The van der Waals surface area contributed by atoms with Crippen LogP contribution in [0.25, 0.3) is 22.3 Å². The zero-order valence-corrected chi connectivity index (χ0v) is 17.2. The van der Waals surface area contributed by atoms with Crippen LogP contribution >= 0.6 is 0 Å². The molecule has 2 heterocycles. The van der Waals surface area contributed by atoms with Crippen LogP contribution in [-0.2, 0) is 11.5 Å². The molecule has 3 rings (SSSR count). The standard InChI is InChI=1S/C20H22N4O3Si/c1-5-15-12-16(24(25)26)13-18-19(15)20(17-8-6-7-9-21-17)22-23(18)14-27-10-11-28(2,3)4/h1,6-9,12-13H,10-11,14H2,2-4H3. The number of ether oxygens (including phenoxy) is 1. The van der Waals surface area contributed by atoms with E-state index in [4.69, 9.17) is 11.2 Å². The van der Waals surface area contributed by atoms with E-state index in [0.717, 1.165) is 6.04 Å². The Labute approximate surface area is 164 Å². The van der Waals surface area contributed by atoms with E-state index >= 15 is 0 Å². The van der Waals surface area contributed by atoms with Crippen molar-refractivity contribution < 1.29 is 9.66 Å². The number of terminal acetylenes is 1. The highest BCUT2D eigenvalue weighted by Gasteiger charge is 2.21. The van der Waals surface area contributed by atoms with E-state index in [9.17, 15) is 10.1 Å². The Morgan fingerprint density at radius 3 is 2.71 bits per heavy atom. The molecule has 0 aliphatic heterocycles. The summed E-state index contributed by atoms with van der Waals surface area (Å²) in [5.41, 5.74) is 2.15.